The standard InChI is InChI=1S/C22H18O10.3H2/c23-11-6-14(25)12-8-19(32-22(30)10-4-16(27)20(29)17(28)5-10)21(31-18(12)7-11)9-1-2-13(24)15(26)3-9;;;/h1-7,19,21,23-29H,8H2;3*1H/t19-,21-;;;/m1.../s1. The zero-order valence-corrected chi connectivity index (χ0v) is 16.3. The highest BCUT2D eigenvalue weighted by molar-refractivity contribution is 5.91. The van der Waals surface area contributed by atoms with Crippen LogP contribution in [0.15, 0.2) is 42.5 Å². The van der Waals surface area contributed by atoms with Crippen LogP contribution in [0.4, 0.5) is 0 Å². The maximum Gasteiger partial charge on any atom is 0.338 e. The van der Waals surface area contributed by atoms with Gasteiger partial charge in [0, 0.05) is 34.0 Å². The molecule has 0 saturated carbocycles. The summed E-state index contributed by atoms with van der Waals surface area (Å²) in [5.41, 5.74) is 0.324. The molecule has 3 aromatic rings. The fraction of sp³-hybridized carbons (Fsp3) is 0.136. The van der Waals surface area contributed by atoms with E-state index in [9.17, 15) is 40.5 Å². The molecule has 0 bridgehead atoms. The van der Waals surface area contributed by atoms with Crippen molar-refractivity contribution >= 4 is 5.97 Å². The molecule has 172 valence electrons. The molecule has 0 fully saturated rings. The molecule has 4 rings (SSSR count). The summed E-state index contributed by atoms with van der Waals surface area (Å²) in [5.74, 6) is -4.43. The number of benzene rings is 3. The molecule has 2 atom stereocenters. The van der Waals surface area contributed by atoms with E-state index in [1.807, 2.05) is 0 Å². The number of rotatable bonds is 3. The first-order chi connectivity index (χ1) is 15.1. The molecule has 10 nitrogen and oxygen atoms in total. The lowest BCUT2D eigenvalue weighted by Crippen LogP contribution is -2.34. The summed E-state index contributed by atoms with van der Waals surface area (Å²) in [7, 11) is 0. The number of phenolic OH excluding ortho intramolecular Hbond substituents is 7. The highest BCUT2D eigenvalue weighted by atomic mass is 16.6. The van der Waals surface area contributed by atoms with E-state index in [0.29, 0.717) is 5.56 Å². The highest BCUT2D eigenvalue weighted by Gasteiger charge is 2.37. The summed E-state index contributed by atoms with van der Waals surface area (Å²) < 4.78 is 11.4. The average molecular weight is 448 g/mol. The highest BCUT2D eigenvalue weighted by Crippen LogP contribution is 2.44. The Kier molecular flexibility index (Phi) is 4.97. The second kappa shape index (κ2) is 7.65. The van der Waals surface area contributed by atoms with Crippen molar-refractivity contribution in [1.29, 1.82) is 0 Å². The molecule has 0 saturated heterocycles. The largest absolute Gasteiger partial charge is 0.508 e. The second-order valence-electron chi connectivity index (χ2n) is 7.24. The van der Waals surface area contributed by atoms with Crippen molar-refractivity contribution in [2.45, 2.75) is 18.6 Å². The SMILES string of the molecule is O=C(O[C@@H]1Cc2c(O)cc(O)cc2O[C@@H]1c1ccc(O)c(O)c1)c1cc(O)c(O)c(O)c1.[HH].[HH].[HH]. The zero-order valence-electron chi connectivity index (χ0n) is 16.3. The average Bonchev–Trinajstić information content (AvgIpc) is 2.73. The molecule has 1 aliphatic heterocycles. The summed E-state index contributed by atoms with van der Waals surface area (Å²) in [5, 5.41) is 68.2. The van der Waals surface area contributed by atoms with Gasteiger partial charge in [-0.25, -0.2) is 4.79 Å². The first kappa shape index (κ1) is 20.8. The molecule has 1 aliphatic rings. The number of hydrogen-bond donors (Lipinski definition) is 7. The maximum atomic E-state index is 12.7. The smallest absolute Gasteiger partial charge is 0.338 e. The Morgan fingerprint density at radius 3 is 2.19 bits per heavy atom. The molecular weight excluding hydrogens is 424 g/mol. The van der Waals surface area contributed by atoms with Crippen molar-refractivity contribution in [2.24, 2.45) is 0 Å². The van der Waals surface area contributed by atoms with E-state index in [2.05, 4.69) is 0 Å². The van der Waals surface area contributed by atoms with Gasteiger partial charge in [0.15, 0.2) is 34.9 Å². The number of carbonyl (C=O) groups excluding carboxylic acids is 1. The second-order valence-corrected chi connectivity index (χ2v) is 7.24. The van der Waals surface area contributed by atoms with Crippen LogP contribution >= 0.6 is 0 Å². The number of carbonyl (C=O) groups is 1. The number of hydrogen-bond acceptors (Lipinski definition) is 10. The molecule has 3 aromatic carbocycles. The molecule has 0 amide bonds. The maximum absolute atomic E-state index is 12.7. The van der Waals surface area contributed by atoms with Crippen molar-refractivity contribution < 1.29 is 54.3 Å². The van der Waals surface area contributed by atoms with E-state index in [-0.39, 0.29) is 44.8 Å². The number of ether oxygens (including phenoxy) is 2. The molecule has 0 aromatic heterocycles. The van der Waals surface area contributed by atoms with Gasteiger partial charge in [0.2, 0.25) is 0 Å². The molecule has 7 N–H and O–H groups in total. The predicted molar refractivity (Wildman–Crippen MR) is 114 cm³/mol. The van der Waals surface area contributed by atoms with Gasteiger partial charge < -0.3 is 45.2 Å². The van der Waals surface area contributed by atoms with Crippen LogP contribution in [-0.4, -0.2) is 47.8 Å². The summed E-state index contributed by atoms with van der Waals surface area (Å²) in [4.78, 5) is 12.7. The Hall–Kier alpha value is -4.47. The molecule has 32 heavy (non-hydrogen) atoms. The number of phenols is 7. The van der Waals surface area contributed by atoms with Crippen molar-refractivity contribution in [3.05, 3.63) is 59.2 Å². The molecule has 0 unspecified atom stereocenters. The Balaban J connectivity index is 0.00000204. The lowest BCUT2D eigenvalue weighted by Gasteiger charge is -2.34. The summed E-state index contributed by atoms with van der Waals surface area (Å²) in [6.45, 7) is 0. The van der Waals surface area contributed by atoms with E-state index >= 15 is 0 Å². The van der Waals surface area contributed by atoms with Crippen LogP contribution in [0, 0.1) is 0 Å². The normalized spacial score (nSPS) is 17.2. The van der Waals surface area contributed by atoms with E-state index < -0.39 is 41.2 Å². The first-order valence-corrected chi connectivity index (χ1v) is 9.33. The van der Waals surface area contributed by atoms with Crippen LogP contribution in [-0.2, 0) is 11.2 Å². The van der Waals surface area contributed by atoms with Gasteiger partial charge in [-0.15, -0.1) is 0 Å². The van der Waals surface area contributed by atoms with Crippen LogP contribution in [0.1, 0.15) is 31.9 Å². The third kappa shape index (κ3) is 3.69. The minimum absolute atomic E-state index is 0. The molecule has 0 spiro atoms. The van der Waals surface area contributed by atoms with Crippen LogP contribution in [0.3, 0.4) is 0 Å². The van der Waals surface area contributed by atoms with Crippen molar-refractivity contribution in [2.75, 3.05) is 0 Å². The molecular formula is C22H24O10. The third-order valence-electron chi connectivity index (χ3n) is 5.06. The predicted octanol–water partition coefficient (Wildman–Crippen LogP) is 3.27. The van der Waals surface area contributed by atoms with E-state index in [1.54, 1.807) is 0 Å². The van der Waals surface area contributed by atoms with Gasteiger partial charge in [-0.2, -0.15) is 0 Å². The molecule has 0 radical (unpaired) electrons. The first-order valence-electron chi connectivity index (χ1n) is 9.33. The number of fused-ring (bicyclic) bond motifs is 1. The zero-order chi connectivity index (χ0) is 23.2. The Labute approximate surface area is 184 Å². The fourth-order valence-corrected chi connectivity index (χ4v) is 3.48. The van der Waals surface area contributed by atoms with Gasteiger partial charge in [-0.1, -0.05) is 6.07 Å². The molecule has 0 aliphatic carbocycles. The quantitative estimate of drug-likeness (QED) is 0.232. The Morgan fingerprint density at radius 1 is 0.844 bits per heavy atom. The van der Waals surface area contributed by atoms with Crippen LogP contribution in [0.25, 0.3) is 0 Å². The van der Waals surface area contributed by atoms with Gasteiger partial charge in [0.25, 0.3) is 0 Å². The summed E-state index contributed by atoms with van der Waals surface area (Å²) in [6, 6.07) is 8.07. The van der Waals surface area contributed by atoms with Crippen molar-refractivity contribution in [1.82, 2.24) is 0 Å². The fourth-order valence-electron chi connectivity index (χ4n) is 3.48. The monoisotopic (exact) mass is 448 g/mol. The van der Waals surface area contributed by atoms with Crippen LogP contribution in [0.2, 0.25) is 0 Å². The number of esters is 1. The lowest BCUT2D eigenvalue weighted by molar-refractivity contribution is -0.0189. The lowest BCUT2D eigenvalue weighted by atomic mass is 9.93. The Bertz CT molecular complexity index is 1210. The van der Waals surface area contributed by atoms with Gasteiger partial charge in [0.05, 0.1) is 5.56 Å². The van der Waals surface area contributed by atoms with Gasteiger partial charge in [-0.05, 0) is 24.3 Å². The topological polar surface area (TPSA) is 177 Å². The number of aromatic hydroxyl groups is 7. The van der Waals surface area contributed by atoms with E-state index in [0.717, 1.165) is 18.2 Å². The van der Waals surface area contributed by atoms with Crippen molar-refractivity contribution in [3.8, 4) is 46.0 Å². The van der Waals surface area contributed by atoms with Crippen molar-refractivity contribution in [3.63, 3.8) is 0 Å². The molecule has 1 heterocycles. The van der Waals surface area contributed by atoms with Gasteiger partial charge >= 0.3 is 5.97 Å². The van der Waals surface area contributed by atoms with Gasteiger partial charge in [0.1, 0.15) is 23.4 Å². The van der Waals surface area contributed by atoms with Crippen LogP contribution in [0.5, 0.6) is 46.0 Å². The Morgan fingerprint density at radius 2 is 1.53 bits per heavy atom. The summed E-state index contributed by atoms with van der Waals surface area (Å²) in [6.07, 6.45) is -2.12. The minimum atomic E-state index is -1.06. The van der Waals surface area contributed by atoms with E-state index in [1.165, 1.54) is 24.3 Å². The minimum Gasteiger partial charge on any atom is -0.508 e. The third-order valence-corrected chi connectivity index (χ3v) is 5.06. The summed E-state index contributed by atoms with van der Waals surface area (Å²) >= 11 is 0. The van der Waals surface area contributed by atoms with Crippen LogP contribution < -0.4 is 4.74 Å². The van der Waals surface area contributed by atoms with Gasteiger partial charge in [-0.3, -0.25) is 0 Å². The molecule has 10 heteroatoms. The van der Waals surface area contributed by atoms with E-state index in [4.69, 9.17) is 9.47 Å².